The zero-order valence-electron chi connectivity index (χ0n) is 11.7. The van der Waals surface area contributed by atoms with Crippen LogP contribution in [-0.2, 0) is 6.42 Å². The highest BCUT2D eigenvalue weighted by atomic mass is 19.1. The van der Waals surface area contributed by atoms with E-state index >= 15 is 0 Å². The molecule has 0 aromatic heterocycles. The molecule has 0 saturated carbocycles. The molecule has 1 N–H and O–H groups in total. The number of rotatable bonds is 7. The van der Waals surface area contributed by atoms with Crippen LogP contribution in [0.15, 0.2) is 35.9 Å². The van der Waals surface area contributed by atoms with Gasteiger partial charge in [-0.2, -0.15) is 0 Å². The third kappa shape index (κ3) is 6.55. The molecule has 0 amide bonds. The first-order valence-electron chi connectivity index (χ1n) is 6.68. The summed E-state index contributed by atoms with van der Waals surface area (Å²) in [4.78, 5) is 0. The molecule has 100 valence electrons. The van der Waals surface area contributed by atoms with Gasteiger partial charge in [0.2, 0.25) is 0 Å². The first-order valence-corrected chi connectivity index (χ1v) is 6.68. The topological polar surface area (TPSA) is 12.0 Å². The Hall–Kier alpha value is -1.15. The lowest BCUT2D eigenvalue weighted by molar-refractivity contribution is 0.556. The molecule has 0 spiro atoms. The zero-order chi connectivity index (χ0) is 13.4. The molecule has 0 aliphatic heterocycles. The molecule has 0 fully saturated rings. The third-order valence-electron chi connectivity index (χ3n) is 2.74. The minimum absolute atomic E-state index is 0.154. The van der Waals surface area contributed by atoms with Gasteiger partial charge in [0.05, 0.1) is 0 Å². The Bertz CT molecular complexity index is 382. The van der Waals surface area contributed by atoms with Gasteiger partial charge in [-0.25, -0.2) is 4.39 Å². The number of nitrogens with one attached hydrogen (secondary N) is 1. The molecule has 0 radical (unpaired) electrons. The minimum atomic E-state index is -0.154. The first-order chi connectivity index (χ1) is 8.58. The number of benzene rings is 1. The van der Waals surface area contributed by atoms with E-state index in [0.29, 0.717) is 5.92 Å². The maximum Gasteiger partial charge on any atom is 0.123 e. The van der Waals surface area contributed by atoms with Crippen molar-refractivity contribution in [2.24, 2.45) is 5.92 Å². The zero-order valence-corrected chi connectivity index (χ0v) is 11.7. The number of halogens is 1. The van der Waals surface area contributed by atoms with Crippen LogP contribution in [-0.4, -0.2) is 13.1 Å². The molecule has 0 atom stereocenters. The fourth-order valence-electron chi connectivity index (χ4n) is 1.85. The predicted octanol–water partition coefficient (Wildman–Crippen LogP) is 3.95. The van der Waals surface area contributed by atoms with E-state index in [0.717, 1.165) is 31.5 Å². The Balaban J connectivity index is 2.29. The Labute approximate surface area is 110 Å². The van der Waals surface area contributed by atoms with Gasteiger partial charge in [-0.15, -0.1) is 0 Å². The summed E-state index contributed by atoms with van der Waals surface area (Å²) in [5, 5.41) is 3.41. The number of hydrogen-bond donors (Lipinski definition) is 1. The van der Waals surface area contributed by atoms with Gasteiger partial charge in [0.15, 0.2) is 0 Å². The molecule has 0 aliphatic rings. The van der Waals surface area contributed by atoms with Crippen molar-refractivity contribution in [2.75, 3.05) is 13.1 Å². The summed E-state index contributed by atoms with van der Waals surface area (Å²) in [7, 11) is 0. The molecule has 0 unspecified atom stereocenters. The number of allylic oxidation sites excluding steroid dienone is 1. The highest BCUT2D eigenvalue weighted by molar-refractivity contribution is 5.21. The van der Waals surface area contributed by atoms with Gasteiger partial charge in [0.25, 0.3) is 0 Å². The van der Waals surface area contributed by atoms with E-state index in [2.05, 4.69) is 32.2 Å². The van der Waals surface area contributed by atoms with Crippen molar-refractivity contribution in [2.45, 2.75) is 33.6 Å². The average Bonchev–Trinajstić information content (AvgIpc) is 2.28. The molecule has 0 bridgehead atoms. The smallest absolute Gasteiger partial charge is 0.123 e. The summed E-state index contributed by atoms with van der Waals surface area (Å²) in [5.41, 5.74) is 2.34. The maximum atomic E-state index is 13.0. The SMILES string of the molecule is C/C(=C/CCNCC(C)C)Cc1cccc(F)c1. The van der Waals surface area contributed by atoms with Crippen LogP contribution >= 0.6 is 0 Å². The molecule has 0 aliphatic carbocycles. The molecule has 0 heterocycles. The van der Waals surface area contributed by atoms with Crippen LogP contribution in [0.2, 0.25) is 0 Å². The van der Waals surface area contributed by atoms with Crippen LogP contribution in [0.1, 0.15) is 32.8 Å². The van der Waals surface area contributed by atoms with Crippen LogP contribution in [0.25, 0.3) is 0 Å². The standard InChI is InChI=1S/C16H24FN/c1-13(2)12-18-9-5-6-14(3)10-15-7-4-8-16(17)11-15/h4,6-8,11,13,18H,5,9-10,12H2,1-3H3/b14-6-. The van der Waals surface area contributed by atoms with Gasteiger partial charge in [0, 0.05) is 0 Å². The van der Waals surface area contributed by atoms with E-state index in [1.165, 1.54) is 11.6 Å². The van der Waals surface area contributed by atoms with E-state index in [-0.39, 0.29) is 5.82 Å². The van der Waals surface area contributed by atoms with Crippen LogP contribution < -0.4 is 5.32 Å². The summed E-state index contributed by atoms with van der Waals surface area (Å²) >= 11 is 0. The normalized spacial score (nSPS) is 12.2. The molecule has 2 heteroatoms. The summed E-state index contributed by atoms with van der Waals surface area (Å²) < 4.78 is 13.0. The van der Waals surface area contributed by atoms with Gasteiger partial charge in [-0.05, 0) is 56.5 Å². The van der Waals surface area contributed by atoms with E-state index in [1.807, 2.05) is 6.07 Å². The van der Waals surface area contributed by atoms with Gasteiger partial charge in [0.1, 0.15) is 5.82 Å². The van der Waals surface area contributed by atoms with Crippen molar-refractivity contribution < 1.29 is 4.39 Å². The van der Waals surface area contributed by atoms with Crippen molar-refractivity contribution >= 4 is 0 Å². The minimum Gasteiger partial charge on any atom is -0.316 e. The Morgan fingerprint density at radius 3 is 2.83 bits per heavy atom. The Morgan fingerprint density at radius 2 is 2.17 bits per heavy atom. The van der Waals surface area contributed by atoms with Crippen molar-refractivity contribution in [3.63, 3.8) is 0 Å². The van der Waals surface area contributed by atoms with Crippen molar-refractivity contribution in [3.05, 3.63) is 47.3 Å². The van der Waals surface area contributed by atoms with E-state index in [4.69, 9.17) is 0 Å². The maximum absolute atomic E-state index is 13.0. The van der Waals surface area contributed by atoms with E-state index in [1.54, 1.807) is 12.1 Å². The van der Waals surface area contributed by atoms with Crippen molar-refractivity contribution in [3.8, 4) is 0 Å². The molecule has 1 rings (SSSR count). The van der Waals surface area contributed by atoms with E-state index < -0.39 is 0 Å². The fraction of sp³-hybridized carbons (Fsp3) is 0.500. The third-order valence-corrected chi connectivity index (χ3v) is 2.74. The second-order valence-corrected chi connectivity index (χ2v) is 5.24. The molecule has 1 aromatic rings. The van der Waals surface area contributed by atoms with Gasteiger partial charge < -0.3 is 5.32 Å². The van der Waals surface area contributed by atoms with Crippen molar-refractivity contribution in [1.82, 2.24) is 5.32 Å². The van der Waals surface area contributed by atoms with Crippen molar-refractivity contribution in [1.29, 1.82) is 0 Å². The average molecular weight is 249 g/mol. The van der Waals surface area contributed by atoms with Crippen LogP contribution in [0.4, 0.5) is 4.39 Å². The Morgan fingerprint density at radius 1 is 1.39 bits per heavy atom. The summed E-state index contributed by atoms with van der Waals surface area (Å²) in [6.07, 6.45) is 4.11. The summed E-state index contributed by atoms with van der Waals surface area (Å²) in [6, 6.07) is 6.83. The lowest BCUT2D eigenvalue weighted by Crippen LogP contribution is -2.20. The summed E-state index contributed by atoms with van der Waals surface area (Å²) in [6.45, 7) is 8.60. The summed E-state index contributed by atoms with van der Waals surface area (Å²) in [5.74, 6) is 0.543. The second kappa shape index (κ2) is 8.04. The second-order valence-electron chi connectivity index (χ2n) is 5.24. The molecule has 0 saturated heterocycles. The first kappa shape index (κ1) is 14.9. The van der Waals surface area contributed by atoms with Gasteiger partial charge in [-0.3, -0.25) is 0 Å². The fourth-order valence-corrected chi connectivity index (χ4v) is 1.85. The van der Waals surface area contributed by atoms with Gasteiger partial charge >= 0.3 is 0 Å². The predicted molar refractivity (Wildman–Crippen MR) is 76.2 cm³/mol. The van der Waals surface area contributed by atoms with Crippen LogP contribution in [0.3, 0.4) is 0 Å². The molecular weight excluding hydrogens is 225 g/mol. The largest absolute Gasteiger partial charge is 0.316 e. The monoisotopic (exact) mass is 249 g/mol. The molecule has 1 aromatic carbocycles. The lowest BCUT2D eigenvalue weighted by Gasteiger charge is -2.06. The molecule has 18 heavy (non-hydrogen) atoms. The molecular formula is C16H24FN. The molecule has 1 nitrogen and oxygen atoms in total. The lowest BCUT2D eigenvalue weighted by atomic mass is 10.1. The Kier molecular flexibility index (Phi) is 6.66. The van der Waals surface area contributed by atoms with Gasteiger partial charge in [-0.1, -0.05) is 37.6 Å². The van der Waals surface area contributed by atoms with Crippen LogP contribution in [0.5, 0.6) is 0 Å². The highest BCUT2D eigenvalue weighted by Crippen LogP contribution is 2.09. The van der Waals surface area contributed by atoms with Crippen LogP contribution in [0, 0.1) is 11.7 Å². The highest BCUT2D eigenvalue weighted by Gasteiger charge is 1.97. The quantitative estimate of drug-likeness (QED) is 0.570. The van der Waals surface area contributed by atoms with E-state index in [9.17, 15) is 4.39 Å². The number of hydrogen-bond acceptors (Lipinski definition) is 1.